The lowest BCUT2D eigenvalue weighted by Crippen LogP contribution is -2.48. The SMILES string of the molecule is O=C(CSc1nc(-c2ccccc2)c(-c2ccccc2)o1)Nc1ccc(N2CCN(C(=O)c3cccc(Cl)c3)CC2)cc1. The van der Waals surface area contributed by atoms with Gasteiger partial charge in [-0.25, -0.2) is 4.98 Å². The third-order valence-corrected chi connectivity index (χ3v) is 8.24. The maximum absolute atomic E-state index is 12.8. The topological polar surface area (TPSA) is 78.7 Å². The molecule has 43 heavy (non-hydrogen) atoms. The van der Waals surface area contributed by atoms with Crippen LogP contribution in [0.15, 0.2) is 119 Å². The Morgan fingerprint density at radius 2 is 1.49 bits per heavy atom. The van der Waals surface area contributed by atoms with Crippen molar-refractivity contribution in [2.75, 3.05) is 42.1 Å². The van der Waals surface area contributed by atoms with Crippen LogP contribution in [0.1, 0.15) is 10.4 Å². The second kappa shape index (κ2) is 13.2. The number of anilines is 2. The molecule has 216 valence electrons. The first-order chi connectivity index (χ1) is 21.0. The summed E-state index contributed by atoms with van der Waals surface area (Å²) in [6.07, 6.45) is 0. The Morgan fingerprint density at radius 3 is 2.16 bits per heavy atom. The number of halogens is 1. The Morgan fingerprint density at radius 1 is 0.814 bits per heavy atom. The smallest absolute Gasteiger partial charge is 0.257 e. The van der Waals surface area contributed by atoms with Gasteiger partial charge in [-0.2, -0.15) is 0 Å². The highest BCUT2D eigenvalue weighted by molar-refractivity contribution is 7.99. The van der Waals surface area contributed by atoms with Crippen LogP contribution < -0.4 is 10.2 Å². The molecule has 6 rings (SSSR count). The molecule has 0 aliphatic carbocycles. The molecule has 1 fully saturated rings. The standard InChI is InChI=1S/C34H29ClN4O3S/c35-27-13-7-12-26(22-27)33(41)39-20-18-38(19-21-39)29-16-14-28(15-17-29)36-30(40)23-43-34-37-31(24-8-3-1-4-9-24)32(42-34)25-10-5-2-6-11-25/h1-17,22H,18-21,23H2,(H,36,40). The number of hydrogen-bond donors (Lipinski definition) is 1. The third kappa shape index (κ3) is 6.93. The molecule has 0 bridgehead atoms. The molecule has 5 aromatic rings. The predicted octanol–water partition coefficient (Wildman–Crippen LogP) is 7.36. The van der Waals surface area contributed by atoms with Gasteiger partial charge < -0.3 is 19.5 Å². The van der Waals surface area contributed by atoms with Crippen molar-refractivity contribution in [3.63, 3.8) is 0 Å². The van der Waals surface area contributed by atoms with Crippen molar-refractivity contribution in [2.45, 2.75) is 5.22 Å². The van der Waals surface area contributed by atoms with Crippen LogP contribution in [0.4, 0.5) is 11.4 Å². The number of aromatic nitrogens is 1. The Bertz CT molecular complexity index is 1650. The van der Waals surface area contributed by atoms with Crippen LogP contribution in [-0.2, 0) is 4.79 Å². The molecular weight excluding hydrogens is 580 g/mol. The summed E-state index contributed by atoms with van der Waals surface area (Å²) in [6.45, 7) is 2.70. The molecule has 1 aromatic heterocycles. The van der Waals surface area contributed by atoms with E-state index in [1.165, 1.54) is 11.8 Å². The fourth-order valence-electron chi connectivity index (χ4n) is 4.99. The van der Waals surface area contributed by atoms with Crippen LogP contribution in [-0.4, -0.2) is 53.6 Å². The van der Waals surface area contributed by atoms with Crippen LogP contribution in [0.3, 0.4) is 0 Å². The molecule has 1 saturated heterocycles. The molecule has 7 nitrogen and oxygen atoms in total. The molecule has 0 spiro atoms. The summed E-state index contributed by atoms with van der Waals surface area (Å²) >= 11 is 7.32. The highest BCUT2D eigenvalue weighted by Gasteiger charge is 2.23. The second-order valence-corrected chi connectivity index (χ2v) is 11.4. The largest absolute Gasteiger partial charge is 0.431 e. The van der Waals surface area contributed by atoms with E-state index in [2.05, 4.69) is 10.2 Å². The summed E-state index contributed by atoms with van der Waals surface area (Å²) in [7, 11) is 0. The predicted molar refractivity (Wildman–Crippen MR) is 173 cm³/mol. The van der Waals surface area contributed by atoms with Crippen LogP contribution in [0, 0.1) is 0 Å². The number of piperazine rings is 1. The Hall–Kier alpha value is -4.53. The quantitative estimate of drug-likeness (QED) is 0.186. The van der Waals surface area contributed by atoms with Crippen LogP contribution >= 0.6 is 23.4 Å². The Kier molecular flexibility index (Phi) is 8.77. The van der Waals surface area contributed by atoms with E-state index < -0.39 is 0 Å². The normalized spacial score (nSPS) is 13.1. The molecule has 0 atom stereocenters. The molecule has 1 aliphatic heterocycles. The van der Waals surface area contributed by atoms with E-state index in [9.17, 15) is 9.59 Å². The molecule has 0 radical (unpaired) electrons. The molecule has 9 heteroatoms. The molecule has 2 heterocycles. The van der Waals surface area contributed by atoms with Gasteiger partial charge in [0.15, 0.2) is 5.76 Å². The van der Waals surface area contributed by atoms with Crippen molar-refractivity contribution < 1.29 is 14.0 Å². The van der Waals surface area contributed by atoms with Gasteiger partial charge in [-0.1, -0.05) is 90.1 Å². The Labute approximate surface area is 259 Å². The minimum absolute atomic E-state index is 0.00425. The number of nitrogens with zero attached hydrogens (tertiary/aromatic N) is 3. The highest BCUT2D eigenvalue weighted by Crippen LogP contribution is 2.35. The summed E-state index contributed by atoms with van der Waals surface area (Å²) < 4.78 is 6.13. The van der Waals surface area contributed by atoms with E-state index in [0.29, 0.717) is 40.3 Å². The van der Waals surface area contributed by atoms with Gasteiger partial charge in [-0.15, -0.1) is 0 Å². The van der Waals surface area contributed by atoms with Crippen molar-refractivity contribution in [2.24, 2.45) is 0 Å². The minimum Gasteiger partial charge on any atom is -0.431 e. The molecule has 2 amide bonds. The number of carbonyl (C=O) groups excluding carboxylic acids is 2. The summed E-state index contributed by atoms with van der Waals surface area (Å²) in [4.78, 5) is 34.4. The van der Waals surface area contributed by atoms with Gasteiger partial charge in [0, 0.05) is 59.3 Å². The first-order valence-electron chi connectivity index (χ1n) is 14.0. The van der Waals surface area contributed by atoms with Crippen molar-refractivity contribution in [3.05, 3.63) is 120 Å². The summed E-state index contributed by atoms with van der Waals surface area (Å²) in [6, 6.07) is 34.6. The van der Waals surface area contributed by atoms with Gasteiger partial charge in [0.05, 0.1) is 5.75 Å². The zero-order valence-electron chi connectivity index (χ0n) is 23.3. The molecule has 1 N–H and O–H groups in total. The first kappa shape index (κ1) is 28.6. The lowest BCUT2D eigenvalue weighted by atomic mass is 10.1. The van der Waals surface area contributed by atoms with E-state index in [1.54, 1.807) is 24.3 Å². The molecule has 0 saturated carbocycles. The fraction of sp³-hybridized carbons (Fsp3) is 0.147. The van der Waals surface area contributed by atoms with Gasteiger partial charge in [0.25, 0.3) is 11.1 Å². The average molecular weight is 609 g/mol. The number of benzene rings is 4. The average Bonchev–Trinajstić information content (AvgIpc) is 3.49. The van der Waals surface area contributed by atoms with Crippen molar-refractivity contribution >= 4 is 46.6 Å². The maximum atomic E-state index is 12.8. The van der Waals surface area contributed by atoms with Crippen LogP contribution in [0.25, 0.3) is 22.6 Å². The Balaban J connectivity index is 1.03. The summed E-state index contributed by atoms with van der Waals surface area (Å²) in [5, 5.41) is 3.96. The molecular formula is C34H29ClN4O3S. The van der Waals surface area contributed by atoms with Gasteiger partial charge in [0.1, 0.15) is 5.69 Å². The van der Waals surface area contributed by atoms with Gasteiger partial charge in [0.2, 0.25) is 5.91 Å². The molecule has 0 unspecified atom stereocenters. The van der Waals surface area contributed by atoms with Crippen molar-refractivity contribution in [1.29, 1.82) is 0 Å². The van der Waals surface area contributed by atoms with Crippen molar-refractivity contribution in [3.8, 4) is 22.6 Å². The number of hydrogen-bond acceptors (Lipinski definition) is 6. The number of oxazole rings is 1. The lowest BCUT2D eigenvalue weighted by Gasteiger charge is -2.36. The molecule has 4 aromatic carbocycles. The van der Waals surface area contributed by atoms with E-state index >= 15 is 0 Å². The monoisotopic (exact) mass is 608 g/mol. The maximum Gasteiger partial charge on any atom is 0.257 e. The van der Waals surface area contributed by atoms with Crippen LogP contribution in [0.2, 0.25) is 5.02 Å². The summed E-state index contributed by atoms with van der Waals surface area (Å²) in [5.41, 5.74) is 5.00. The minimum atomic E-state index is -0.147. The zero-order valence-corrected chi connectivity index (χ0v) is 24.9. The zero-order chi connectivity index (χ0) is 29.6. The number of carbonyl (C=O) groups is 2. The van der Waals surface area contributed by atoms with E-state index in [-0.39, 0.29) is 17.6 Å². The lowest BCUT2D eigenvalue weighted by molar-refractivity contribution is -0.113. The van der Waals surface area contributed by atoms with E-state index in [1.807, 2.05) is 89.8 Å². The third-order valence-electron chi connectivity index (χ3n) is 7.17. The number of nitrogens with one attached hydrogen (secondary N) is 1. The fourth-order valence-corrected chi connectivity index (χ4v) is 5.81. The van der Waals surface area contributed by atoms with Crippen molar-refractivity contribution in [1.82, 2.24) is 9.88 Å². The summed E-state index contributed by atoms with van der Waals surface area (Å²) in [5.74, 6) is 0.690. The second-order valence-electron chi connectivity index (χ2n) is 10.1. The number of amides is 2. The van der Waals surface area contributed by atoms with E-state index in [0.717, 1.165) is 35.6 Å². The van der Waals surface area contributed by atoms with Gasteiger partial charge >= 0.3 is 0 Å². The van der Waals surface area contributed by atoms with Gasteiger partial charge in [-0.3, -0.25) is 9.59 Å². The van der Waals surface area contributed by atoms with Crippen LogP contribution in [0.5, 0.6) is 0 Å². The highest BCUT2D eigenvalue weighted by atomic mass is 35.5. The van der Waals surface area contributed by atoms with Gasteiger partial charge in [-0.05, 0) is 42.5 Å². The molecule has 1 aliphatic rings. The number of thioether (sulfide) groups is 1. The first-order valence-corrected chi connectivity index (χ1v) is 15.3. The number of rotatable bonds is 8. The van der Waals surface area contributed by atoms with E-state index in [4.69, 9.17) is 21.0 Å².